The minimum absolute atomic E-state index is 0.494. The number of imidazole rings is 1. The standard InChI is InChI=1S/C7H10N2O/c1-2-6(10)5-7-8-3-4-9-7/h2-4,6,10H,1,5H2,(H,8,9). The Morgan fingerprint density at radius 2 is 2.70 bits per heavy atom. The van der Waals surface area contributed by atoms with Crippen LogP contribution in [0.3, 0.4) is 0 Å². The zero-order valence-corrected chi connectivity index (χ0v) is 5.62. The summed E-state index contributed by atoms with van der Waals surface area (Å²) >= 11 is 0. The fourth-order valence-electron chi connectivity index (χ4n) is 0.691. The van der Waals surface area contributed by atoms with Crippen molar-refractivity contribution in [1.29, 1.82) is 0 Å². The lowest BCUT2D eigenvalue weighted by Crippen LogP contribution is -2.06. The zero-order chi connectivity index (χ0) is 7.40. The van der Waals surface area contributed by atoms with Crippen LogP contribution in [0, 0.1) is 0 Å². The summed E-state index contributed by atoms with van der Waals surface area (Å²) in [6.45, 7) is 3.45. The Bertz CT molecular complexity index is 193. The van der Waals surface area contributed by atoms with Crippen molar-refractivity contribution in [2.45, 2.75) is 12.5 Å². The van der Waals surface area contributed by atoms with Crippen LogP contribution in [0.2, 0.25) is 0 Å². The molecule has 2 N–H and O–H groups in total. The van der Waals surface area contributed by atoms with E-state index in [2.05, 4.69) is 16.5 Å². The van der Waals surface area contributed by atoms with Gasteiger partial charge in [0.25, 0.3) is 0 Å². The number of aliphatic hydroxyl groups excluding tert-OH is 1. The van der Waals surface area contributed by atoms with E-state index in [1.807, 2.05) is 0 Å². The van der Waals surface area contributed by atoms with E-state index < -0.39 is 6.10 Å². The molecule has 3 heteroatoms. The molecule has 1 heterocycles. The van der Waals surface area contributed by atoms with Gasteiger partial charge < -0.3 is 10.1 Å². The molecule has 0 aromatic carbocycles. The van der Waals surface area contributed by atoms with Gasteiger partial charge in [-0.05, 0) is 0 Å². The lowest BCUT2D eigenvalue weighted by atomic mass is 10.2. The van der Waals surface area contributed by atoms with Crippen molar-refractivity contribution in [2.75, 3.05) is 0 Å². The van der Waals surface area contributed by atoms with Crippen LogP contribution in [0.1, 0.15) is 5.82 Å². The molecule has 0 aliphatic heterocycles. The summed E-state index contributed by atoms with van der Waals surface area (Å²) in [7, 11) is 0. The molecule has 0 saturated carbocycles. The molecule has 0 aliphatic carbocycles. The average molecular weight is 138 g/mol. The van der Waals surface area contributed by atoms with Gasteiger partial charge in [0.05, 0.1) is 6.10 Å². The average Bonchev–Trinajstić information content (AvgIpc) is 2.40. The van der Waals surface area contributed by atoms with Gasteiger partial charge in [-0.1, -0.05) is 6.08 Å². The Balaban J connectivity index is 2.47. The SMILES string of the molecule is C=CC(O)Cc1ncc[nH]1. The van der Waals surface area contributed by atoms with Gasteiger partial charge in [0, 0.05) is 18.8 Å². The molecule has 54 valence electrons. The van der Waals surface area contributed by atoms with E-state index in [1.165, 1.54) is 6.08 Å². The zero-order valence-electron chi connectivity index (χ0n) is 5.62. The van der Waals surface area contributed by atoms with E-state index >= 15 is 0 Å². The predicted molar refractivity (Wildman–Crippen MR) is 38.5 cm³/mol. The van der Waals surface area contributed by atoms with Crippen molar-refractivity contribution in [2.24, 2.45) is 0 Å². The first kappa shape index (κ1) is 7.02. The summed E-state index contributed by atoms with van der Waals surface area (Å²) in [5.41, 5.74) is 0. The van der Waals surface area contributed by atoms with Gasteiger partial charge in [-0.2, -0.15) is 0 Å². The molecule has 10 heavy (non-hydrogen) atoms. The first-order chi connectivity index (χ1) is 4.83. The highest BCUT2D eigenvalue weighted by atomic mass is 16.3. The molecule has 0 amide bonds. The molecule has 1 atom stereocenters. The molecule has 0 bridgehead atoms. The number of H-pyrrole nitrogens is 1. The van der Waals surface area contributed by atoms with Gasteiger partial charge in [0.2, 0.25) is 0 Å². The van der Waals surface area contributed by atoms with Crippen LogP contribution in [0.15, 0.2) is 25.0 Å². The summed E-state index contributed by atoms with van der Waals surface area (Å²) < 4.78 is 0. The van der Waals surface area contributed by atoms with Crippen molar-refractivity contribution in [3.8, 4) is 0 Å². The molecule has 0 aliphatic rings. The normalized spacial score (nSPS) is 12.9. The van der Waals surface area contributed by atoms with Crippen molar-refractivity contribution >= 4 is 0 Å². The van der Waals surface area contributed by atoms with Crippen LogP contribution in [0.5, 0.6) is 0 Å². The van der Waals surface area contributed by atoms with Crippen LogP contribution in [-0.4, -0.2) is 21.2 Å². The van der Waals surface area contributed by atoms with Crippen LogP contribution in [-0.2, 0) is 6.42 Å². The first-order valence-corrected chi connectivity index (χ1v) is 3.12. The van der Waals surface area contributed by atoms with Crippen molar-refractivity contribution in [3.63, 3.8) is 0 Å². The maximum absolute atomic E-state index is 9.05. The highest BCUT2D eigenvalue weighted by Crippen LogP contribution is 1.95. The molecule has 1 unspecified atom stereocenters. The second-order valence-corrected chi connectivity index (χ2v) is 2.04. The Morgan fingerprint density at radius 3 is 3.20 bits per heavy atom. The first-order valence-electron chi connectivity index (χ1n) is 3.12. The van der Waals surface area contributed by atoms with E-state index in [0.717, 1.165) is 5.82 Å². The second-order valence-electron chi connectivity index (χ2n) is 2.04. The molecule has 0 saturated heterocycles. The van der Waals surface area contributed by atoms with E-state index in [-0.39, 0.29) is 0 Å². The van der Waals surface area contributed by atoms with Crippen LogP contribution in [0.4, 0.5) is 0 Å². The third-order valence-corrected chi connectivity index (χ3v) is 1.23. The Labute approximate surface area is 59.4 Å². The van der Waals surface area contributed by atoms with E-state index in [0.29, 0.717) is 6.42 Å². The number of rotatable bonds is 3. The van der Waals surface area contributed by atoms with Gasteiger partial charge in [0.15, 0.2) is 0 Å². The molecule has 3 nitrogen and oxygen atoms in total. The summed E-state index contributed by atoms with van der Waals surface area (Å²) in [6.07, 6.45) is 4.89. The minimum atomic E-state index is -0.494. The quantitative estimate of drug-likeness (QED) is 0.597. The molecule has 0 radical (unpaired) electrons. The minimum Gasteiger partial charge on any atom is -0.389 e. The number of nitrogens with zero attached hydrogens (tertiary/aromatic N) is 1. The van der Waals surface area contributed by atoms with E-state index in [4.69, 9.17) is 5.11 Å². The highest BCUT2D eigenvalue weighted by Gasteiger charge is 2.00. The number of aliphatic hydroxyl groups is 1. The fourth-order valence-corrected chi connectivity index (χ4v) is 0.691. The predicted octanol–water partition coefficient (Wildman–Crippen LogP) is 0.499. The van der Waals surface area contributed by atoms with Gasteiger partial charge in [-0.3, -0.25) is 0 Å². The number of aromatic amines is 1. The number of hydrogen-bond acceptors (Lipinski definition) is 2. The summed E-state index contributed by atoms with van der Waals surface area (Å²) in [4.78, 5) is 6.82. The smallest absolute Gasteiger partial charge is 0.108 e. The fraction of sp³-hybridized carbons (Fsp3) is 0.286. The summed E-state index contributed by atoms with van der Waals surface area (Å²) in [6, 6.07) is 0. The number of hydrogen-bond donors (Lipinski definition) is 2. The molecule has 1 aromatic rings. The van der Waals surface area contributed by atoms with Crippen LogP contribution < -0.4 is 0 Å². The number of nitrogens with one attached hydrogen (secondary N) is 1. The Morgan fingerprint density at radius 1 is 1.90 bits per heavy atom. The van der Waals surface area contributed by atoms with E-state index in [1.54, 1.807) is 12.4 Å². The van der Waals surface area contributed by atoms with Crippen molar-refractivity contribution in [3.05, 3.63) is 30.9 Å². The highest BCUT2D eigenvalue weighted by molar-refractivity contribution is 4.93. The summed E-state index contributed by atoms with van der Waals surface area (Å²) in [5, 5.41) is 9.05. The van der Waals surface area contributed by atoms with Crippen molar-refractivity contribution in [1.82, 2.24) is 9.97 Å². The van der Waals surface area contributed by atoms with E-state index in [9.17, 15) is 0 Å². The molecule has 1 rings (SSSR count). The third kappa shape index (κ3) is 1.70. The Hall–Kier alpha value is -1.09. The maximum atomic E-state index is 9.05. The lowest BCUT2D eigenvalue weighted by Gasteiger charge is -1.99. The monoisotopic (exact) mass is 138 g/mol. The Kier molecular flexibility index (Phi) is 2.23. The molecular formula is C7H10N2O. The molecule has 0 spiro atoms. The van der Waals surface area contributed by atoms with Gasteiger partial charge in [0.1, 0.15) is 5.82 Å². The largest absolute Gasteiger partial charge is 0.389 e. The van der Waals surface area contributed by atoms with Crippen LogP contribution >= 0.6 is 0 Å². The lowest BCUT2D eigenvalue weighted by molar-refractivity contribution is 0.222. The van der Waals surface area contributed by atoms with Crippen molar-refractivity contribution < 1.29 is 5.11 Å². The second kappa shape index (κ2) is 3.17. The third-order valence-electron chi connectivity index (χ3n) is 1.23. The van der Waals surface area contributed by atoms with Gasteiger partial charge in [-0.15, -0.1) is 6.58 Å². The summed E-state index contributed by atoms with van der Waals surface area (Å²) in [5.74, 6) is 0.785. The molecule has 1 aromatic heterocycles. The van der Waals surface area contributed by atoms with Crippen LogP contribution in [0.25, 0.3) is 0 Å². The van der Waals surface area contributed by atoms with Gasteiger partial charge in [-0.25, -0.2) is 4.98 Å². The maximum Gasteiger partial charge on any atom is 0.108 e. The topological polar surface area (TPSA) is 48.9 Å². The molecular weight excluding hydrogens is 128 g/mol. The van der Waals surface area contributed by atoms with Gasteiger partial charge >= 0.3 is 0 Å². The molecule has 0 fully saturated rings. The number of aromatic nitrogens is 2.